The highest BCUT2D eigenvalue weighted by Crippen LogP contribution is 2.13. The van der Waals surface area contributed by atoms with Gasteiger partial charge in [-0.1, -0.05) is 49.7 Å². The molecule has 2 aromatic rings. The van der Waals surface area contributed by atoms with E-state index in [9.17, 15) is 4.79 Å². The Morgan fingerprint density at radius 1 is 1.25 bits per heavy atom. The maximum Gasteiger partial charge on any atom is 0.244 e. The summed E-state index contributed by atoms with van der Waals surface area (Å²) in [4.78, 5) is 11.8. The van der Waals surface area contributed by atoms with Gasteiger partial charge in [0.25, 0.3) is 0 Å². The molecule has 126 valence electrons. The smallest absolute Gasteiger partial charge is 0.244 e. The van der Waals surface area contributed by atoms with E-state index in [0.717, 1.165) is 16.9 Å². The summed E-state index contributed by atoms with van der Waals surface area (Å²) < 4.78 is 5.66. The van der Waals surface area contributed by atoms with Crippen molar-refractivity contribution >= 4 is 23.7 Å². The van der Waals surface area contributed by atoms with Crippen LogP contribution in [0.15, 0.2) is 53.6 Å². The minimum atomic E-state index is -0.180. The average molecular weight is 345 g/mol. The van der Waals surface area contributed by atoms with Crippen LogP contribution >= 0.6 is 11.6 Å². The predicted octanol–water partition coefficient (Wildman–Crippen LogP) is 4.07. The van der Waals surface area contributed by atoms with E-state index in [1.807, 2.05) is 36.4 Å². The van der Waals surface area contributed by atoms with Gasteiger partial charge in [0.05, 0.1) is 19.2 Å². The number of benzene rings is 2. The lowest BCUT2D eigenvalue weighted by Gasteiger charge is -2.08. The summed E-state index contributed by atoms with van der Waals surface area (Å²) in [6.45, 7) is 4.86. The number of rotatable bonds is 7. The summed E-state index contributed by atoms with van der Waals surface area (Å²) in [6, 6.07) is 14.7. The van der Waals surface area contributed by atoms with Crippen molar-refractivity contribution in [1.82, 2.24) is 5.43 Å². The minimum Gasteiger partial charge on any atom is -0.493 e. The van der Waals surface area contributed by atoms with Gasteiger partial charge in [-0.15, -0.1) is 0 Å². The zero-order chi connectivity index (χ0) is 17.4. The van der Waals surface area contributed by atoms with Crippen LogP contribution in [0.25, 0.3) is 0 Å². The molecule has 5 heteroatoms. The summed E-state index contributed by atoms with van der Waals surface area (Å²) in [6.07, 6.45) is 1.86. The molecule has 0 spiro atoms. The van der Waals surface area contributed by atoms with Gasteiger partial charge in [-0.05, 0) is 41.3 Å². The van der Waals surface area contributed by atoms with Crippen molar-refractivity contribution in [3.05, 3.63) is 64.7 Å². The molecule has 2 rings (SSSR count). The van der Waals surface area contributed by atoms with Crippen molar-refractivity contribution in [2.24, 2.45) is 11.0 Å². The molecule has 4 nitrogen and oxygen atoms in total. The number of nitrogens with one attached hydrogen (secondary N) is 1. The molecule has 2 aromatic carbocycles. The Labute approximate surface area is 147 Å². The number of ether oxygens (including phenoxy) is 1. The molecule has 0 aromatic heterocycles. The lowest BCUT2D eigenvalue weighted by atomic mass is 10.1. The lowest BCUT2D eigenvalue weighted by Crippen LogP contribution is -2.19. The van der Waals surface area contributed by atoms with Crippen molar-refractivity contribution in [2.75, 3.05) is 6.61 Å². The molecule has 0 unspecified atom stereocenters. The molecular weight excluding hydrogens is 324 g/mol. The summed E-state index contributed by atoms with van der Waals surface area (Å²) in [5, 5.41) is 4.64. The van der Waals surface area contributed by atoms with E-state index < -0.39 is 0 Å². The number of carbonyl (C=O) groups is 1. The molecule has 1 N–H and O–H groups in total. The highest BCUT2D eigenvalue weighted by molar-refractivity contribution is 6.30. The van der Waals surface area contributed by atoms with E-state index in [0.29, 0.717) is 17.5 Å². The van der Waals surface area contributed by atoms with Gasteiger partial charge in [0.1, 0.15) is 5.75 Å². The predicted molar refractivity (Wildman–Crippen MR) is 97.7 cm³/mol. The van der Waals surface area contributed by atoms with Gasteiger partial charge in [0.2, 0.25) is 5.91 Å². The molecule has 0 aliphatic heterocycles. The van der Waals surface area contributed by atoms with Crippen LogP contribution in [0, 0.1) is 5.92 Å². The maximum atomic E-state index is 11.8. The summed E-state index contributed by atoms with van der Waals surface area (Å²) in [5.41, 5.74) is 4.27. The third-order valence-electron chi connectivity index (χ3n) is 3.12. The molecule has 0 radical (unpaired) electrons. The van der Waals surface area contributed by atoms with Gasteiger partial charge in [-0.25, -0.2) is 5.43 Å². The van der Waals surface area contributed by atoms with Crippen molar-refractivity contribution in [1.29, 1.82) is 0 Å². The molecule has 1 amide bonds. The fourth-order valence-electron chi connectivity index (χ4n) is 1.95. The Morgan fingerprint density at radius 3 is 2.71 bits per heavy atom. The second kappa shape index (κ2) is 9.08. The number of hydrogen-bond acceptors (Lipinski definition) is 3. The van der Waals surface area contributed by atoms with Crippen LogP contribution in [0.1, 0.15) is 25.0 Å². The minimum absolute atomic E-state index is 0.180. The van der Waals surface area contributed by atoms with Crippen molar-refractivity contribution < 1.29 is 9.53 Å². The topological polar surface area (TPSA) is 50.7 Å². The van der Waals surface area contributed by atoms with E-state index in [2.05, 4.69) is 24.4 Å². The van der Waals surface area contributed by atoms with Crippen LogP contribution in [0.5, 0.6) is 5.75 Å². The lowest BCUT2D eigenvalue weighted by molar-refractivity contribution is -0.120. The molecule has 0 saturated heterocycles. The maximum absolute atomic E-state index is 11.8. The number of carbonyl (C=O) groups excluding carboxylic acids is 1. The second-order valence-electron chi connectivity index (χ2n) is 5.87. The molecule has 0 aliphatic rings. The van der Waals surface area contributed by atoms with Gasteiger partial charge >= 0.3 is 0 Å². The Kier molecular flexibility index (Phi) is 6.82. The summed E-state index contributed by atoms with van der Waals surface area (Å²) >= 11 is 5.82. The Morgan fingerprint density at radius 2 is 2.00 bits per heavy atom. The first-order valence-corrected chi connectivity index (χ1v) is 8.20. The van der Waals surface area contributed by atoms with Gasteiger partial charge in [0.15, 0.2) is 0 Å². The summed E-state index contributed by atoms with van der Waals surface area (Å²) in [5.74, 6) is 1.08. The van der Waals surface area contributed by atoms with E-state index in [-0.39, 0.29) is 12.3 Å². The van der Waals surface area contributed by atoms with E-state index in [4.69, 9.17) is 16.3 Å². The highest BCUT2D eigenvalue weighted by Gasteiger charge is 2.02. The van der Waals surface area contributed by atoms with Crippen molar-refractivity contribution in [3.63, 3.8) is 0 Å². The number of halogens is 1. The Balaban J connectivity index is 1.85. The van der Waals surface area contributed by atoms with Crippen molar-refractivity contribution in [2.45, 2.75) is 20.3 Å². The number of hydrazone groups is 1. The normalized spacial score (nSPS) is 11.0. The Hall–Kier alpha value is -2.33. The number of nitrogens with zero attached hydrogens (tertiary/aromatic N) is 1. The monoisotopic (exact) mass is 344 g/mol. The highest BCUT2D eigenvalue weighted by atomic mass is 35.5. The molecule has 24 heavy (non-hydrogen) atoms. The van der Waals surface area contributed by atoms with Crippen LogP contribution in [-0.4, -0.2) is 18.7 Å². The van der Waals surface area contributed by atoms with Gasteiger partial charge < -0.3 is 4.74 Å². The number of hydrogen-bond donors (Lipinski definition) is 1. The van der Waals surface area contributed by atoms with E-state index in [1.54, 1.807) is 18.3 Å². The average Bonchev–Trinajstić information content (AvgIpc) is 2.55. The van der Waals surface area contributed by atoms with Crippen LogP contribution in [0.3, 0.4) is 0 Å². The molecule has 0 heterocycles. The van der Waals surface area contributed by atoms with Crippen LogP contribution < -0.4 is 10.2 Å². The molecule has 0 atom stereocenters. The molecule has 0 bridgehead atoms. The largest absolute Gasteiger partial charge is 0.493 e. The first kappa shape index (κ1) is 18.0. The van der Waals surface area contributed by atoms with Crippen LogP contribution in [0.4, 0.5) is 0 Å². The zero-order valence-electron chi connectivity index (χ0n) is 13.8. The number of amides is 1. The SMILES string of the molecule is CC(C)COc1cccc(/C=N\NC(=O)Cc2ccc(Cl)cc2)c1. The van der Waals surface area contributed by atoms with E-state index in [1.165, 1.54) is 0 Å². The van der Waals surface area contributed by atoms with Crippen LogP contribution in [-0.2, 0) is 11.2 Å². The second-order valence-corrected chi connectivity index (χ2v) is 6.31. The van der Waals surface area contributed by atoms with Crippen LogP contribution in [0.2, 0.25) is 5.02 Å². The zero-order valence-corrected chi connectivity index (χ0v) is 14.6. The Bertz CT molecular complexity index is 697. The third-order valence-corrected chi connectivity index (χ3v) is 3.37. The van der Waals surface area contributed by atoms with Gasteiger partial charge in [0, 0.05) is 5.02 Å². The fourth-order valence-corrected chi connectivity index (χ4v) is 2.08. The molecule has 0 saturated carbocycles. The quantitative estimate of drug-likeness (QED) is 0.608. The third kappa shape index (κ3) is 6.42. The van der Waals surface area contributed by atoms with E-state index >= 15 is 0 Å². The van der Waals surface area contributed by atoms with Crippen molar-refractivity contribution in [3.8, 4) is 5.75 Å². The molecular formula is C19H21ClN2O2. The van der Waals surface area contributed by atoms with Gasteiger partial charge in [-0.3, -0.25) is 4.79 Å². The van der Waals surface area contributed by atoms with Gasteiger partial charge in [-0.2, -0.15) is 5.10 Å². The molecule has 0 aliphatic carbocycles. The standard InChI is InChI=1S/C19H21ClN2O2/c1-14(2)13-24-18-5-3-4-16(10-18)12-21-22-19(23)11-15-6-8-17(20)9-7-15/h3-10,12,14H,11,13H2,1-2H3,(H,22,23)/b21-12-. The summed E-state index contributed by atoms with van der Waals surface area (Å²) in [7, 11) is 0. The first-order chi connectivity index (χ1) is 11.5. The fraction of sp³-hybridized carbons (Fsp3) is 0.263. The molecule has 0 fully saturated rings. The first-order valence-electron chi connectivity index (χ1n) is 7.82.